The van der Waals surface area contributed by atoms with E-state index in [-0.39, 0.29) is 11.9 Å². The summed E-state index contributed by atoms with van der Waals surface area (Å²) in [5, 5.41) is 6.90. The Morgan fingerprint density at radius 1 is 1.48 bits per heavy atom. The van der Waals surface area contributed by atoms with Crippen molar-refractivity contribution in [1.82, 2.24) is 10.3 Å². The summed E-state index contributed by atoms with van der Waals surface area (Å²) < 4.78 is 1.14. The van der Waals surface area contributed by atoms with E-state index in [1.54, 1.807) is 11.8 Å². The SMILES string of the molecule is CSc1sc(NC(=O)[C@H]2NCCc3ccccc32)nc1C. The molecule has 2 N–H and O–H groups in total. The number of fused-ring (bicyclic) bond motifs is 1. The van der Waals surface area contributed by atoms with Gasteiger partial charge in [0.15, 0.2) is 5.13 Å². The molecule has 1 aliphatic heterocycles. The van der Waals surface area contributed by atoms with Gasteiger partial charge in [-0.1, -0.05) is 35.6 Å². The number of hydrogen-bond acceptors (Lipinski definition) is 5. The number of hydrogen-bond donors (Lipinski definition) is 2. The van der Waals surface area contributed by atoms with Crippen LogP contribution in [0.25, 0.3) is 0 Å². The predicted octanol–water partition coefficient (Wildman–Crippen LogP) is 3.00. The first kappa shape index (κ1) is 14.6. The van der Waals surface area contributed by atoms with Crippen molar-refractivity contribution in [2.24, 2.45) is 0 Å². The topological polar surface area (TPSA) is 54.0 Å². The molecule has 2 aromatic rings. The van der Waals surface area contributed by atoms with Gasteiger partial charge in [0.05, 0.1) is 9.90 Å². The van der Waals surface area contributed by atoms with Crippen LogP contribution >= 0.6 is 23.1 Å². The van der Waals surface area contributed by atoms with Crippen LogP contribution in [-0.4, -0.2) is 23.7 Å². The maximum atomic E-state index is 12.5. The van der Waals surface area contributed by atoms with Gasteiger partial charge in [0.2, 0.25) is 5.91 Å². The summed E-state index contributed by atoms with van der Waals surface area (Å²) in [7, 11) is 0. The van der Waals surface area contributed by atoms with Crippen LogP contribution in [0.15, 0.2) is 28.5 Å². The number of aromatic nitrogens is 1. The standard InChI is InChI=1S/C15H17N3OS2/c1-9-14(20-2)21-15(17-9)18-13(19)12-11-6-4-3-5-10(11)7-8-16-12/h3-6,12,16H,7-8H2,1-2H3,(H,17,18,19)/t12-/m0/s1. The summed E-state index contributed by atoms with van der Waals surface area (Å²) in [6.45, 7) is 2.79. The molecule has 6 heteroatoms. The van der Waals surface area contributed by atoms with E-state index in [9.17, 15) is 4.79 Å². The summed E-state index contributed by atoms with van der Waals surface area (Å²) >= 11 is 3.18. The van der Waals surface area contributed by atoms with E-state index in [0.29, 0.717) is 5.13 Å². The van der Waals surface area contributed by atoms with Gasteiger partial charge in [-0.2, -0.15) is 0 Å². The van der Waals surface area contributed by atoms with Crippen molar-refractivity contribution >= 4 is 34.1 Å². The van der Waals surface area contributed by atoms with Gasteiger partial charge in [-0.05, 0) is 30.7 Å². The zero-order valence-electron chi connectivity index (χ0n) is 12.0. The minimum absolute atomic E-state index is 0.0384. The third kappa shape index (κ3) is 2.97. The Balaban J connectivity index is 1.80. The highest BCUT2D eigenvalue weighted by molar-refractivity contribution is 8.00. The average molecular weight is 319 g/mol. The van der Waals surface area contributed by atoms with Gasteiger partial charge < -0.3 is 10.6 Å². The van der Waals surface area contributed by atoms with Crippen molar-refractivity contribution in [2.75, 3.05) is 18.1 Å². The van der Waals surface area contributed by atoms with Gasteiger partial charge in [-0.15, -0.1) is 11.8 Å². The van der Waals surface area contributed by atoms with E-state index in [4.69, 9.17) is 0 Å². The Hall–Kier alpha value is -1.37. The zero-order valence-corrected chi connectivity index (χ0v) is 13.6. The number of carbonyl (C=O) groups is 1. The molecule has 1 aromatic heterocycles. The number of anilines is 1. The van der Waals surface area contributed by atoms with Gasteiger partial charge in [-0.3, -0.25) is 4.79 Å². The van der Waals surface area contributed by atoms with Crippen LogP contribution in [0.3, 0.4) is 0 Å². The van der Waals surface area contributed by atoms with Gasteiger partial charge in [0.25, 0.3) is 0 Å². The molecule has 1 amide bonds. The first-order valence-electron chi connectivity index (χ1n) is 6.82. The molecule has 1 aliphatic rings. The van der Waals surface area contributed by atoms with Crippen LogP contribution < -0.4 is 10.6 Å². The molecule has 2 heterocycles. The van der Waals surface area contributed by atoms with Crippen LogP contribution in [0.5, 0.6) is 0 Å². The Morgan fingerprint density at radius 2 is 2.29 bits per heavy atom. The van der Waals surface area contributed by atoms with Crippen molar-refractivity contribution in [1.29, 1.82) is 0 Å². The molecule has 21 heavy (non-hydrogen) atoms. The molecule has 0 saturated carbocycles. The first-order valence-corrected chi connectivity index (χ1v) is 8.86. The highest BCUT2D eigenvalue weighted by Gasteiger charge is 2.26. The normalized spacial score (nSPS) is 17.3. The Labute approximate surface area is 132 Å². The maximum Gasteiger partial charge on any atom is 0.247 e. The summed E-state index contributed by atoms with van der Waals surface area (Å²) in [5.74, 6) is -0.0384. The van der Waals surface area contributed by atoms with Crippen LogP contribution in [-0.2, 0) is 11.2 Å². The maximum absolute atomic E-state index is 12.5. The number of thiazole rings is 1. The molecule has 0 unspecified atom stereocenters. The fourth-order valence-corrected chi connectivity index (χ4v) is 4.16. The quantitative estimate of drug-likeness (QED) is 0.854. The number of benzene rings is 1. The number of amides is 1. The second-order valence-electron chi connectivity index (χ2n) is 4.92. The lowest BCUT2D eigenvalue weighted by Gasteiger charge is -2.25. The van der Waals surface area contributed by atoms with Crippen LogP contribution in [0.2, 0.25) is 0 Å². The number of thioether (sulfide) groups is 1. The highest BCUT2D eigenvalue weighted by Crippen LogP contribution is 2.31. The number of carbonyl (C=O) groups excluding carboxylic acids is 1. The number of rotatable bonds is 3. The molecule has 0 radical (unpaired) electrons. The number of nitrogens with one attached hydrogen (secondary N) is 2. The smallest absolute Gasteiger partial charge is 0.247 e. The van der Waals surface area contributed by atoms with Gasteiger partial charge >= 0.3 is 0 Å². The first-order chi connectivity index (χ1) is 10.2. The largest absolute Gasteiger partial charge is 0.302 e. The molecular weight excluding hydrogens is 302 g/mol. The van der Waals surface area contributed by atoms with Crippen LogP contribution in [0.1, 0.15) is 22.9 Å². The van der Waals surface area contributed by atoms with Crippen molar-refractivity contribution in [3.05, 3.63) is 41.1 Å². The fraction of sp³-hybridized carbons (Fsp3) is 0.333. The van der Waals surface area contributed by atoms with Gasteiger partial charge in [0.1, 0.15) is 6.04 Å². The molecule has 0 bridgehead atoms. The third-order valence-electron chi connectivity index (χ3n) is 3.54. The summed E-state index contributed by atoms with van der Waals surface area (Å²) in [4.78, 5) is 16.9. The van der Waals surface area contributed by atoms with E-state index in [0.717, 1.165) is 28.4 Å². The lowest BCUT2D eigenvalue weighted by molar-refractivity contribution is -0.118. The second kappa shape index (κ2) is 6.17. The van der Waals surface area contributed by atoms with Crippen molar-refractivity contribution in [2.45, 2.75) is 23.6 Å². The van der Waals surface area contributed by atoms with E-state index in [1.165, 1.54) is 16.9 Å². The molecular formula is C15H17N3OS2. The minimum atomic E-state index is -0.295. The molecule has 1 aromatic carbocycles. The lowest BCUT2D eigenvalue weighted by atomic mass is 9.94. The molecule has 1 atom stereocenters. The average Bonchev–Trinajstić information content (AvgIpc) is 2.86. The van der Waals surface area contributed by atoms with Crippen molar-refractivity contribution in [3.63, 3.8) is 0 Å². The van der Waals surface area contributed by atoms with Gasteiger partial charge in [0, 0.05) is 6.54 Å². The number of aryl methyl sites for hydroxylation is 1. The summed E-state index contributed by atoms with van der Waals surface area (Å²) in [6.07, 6.45) is 2.98. The summed E-state index contributed by atoms with van der Waals surface area (Å²) in [6, 6.07) is 7.82. The third-order valence-corrected chi connectivity index (χ3v) is 5.82. The Bertz CT molecular complexity index is 669. The number of nitrogens with zero attached hydrogens (tertiary/aromatic N) is 1. The molecule has 0 fully saturated rings. The van der Waals surface area contributed by atoms with E-state index in [2.05, 4.69) is 21.7 Å². The second-order valence-corrected chi connectivity index (χ2v) is 7.00. The highest BCUT2D eigenvalue weighted by atomic mass is 32.2. The van der Waals surface area contributed by atoms with Gasteiger partial charge in [-0.25, -0.2) is 4.98 Å². The Morgan fingerprint density at radius 3 is 3.05 bits per heavy atom. The molecule has 3 rings (SSSR count). The summed E-state index contributed by atoms with van der Waals surface area (Å²) in [5.41, 5.74) is 3.29. The van der Waals surface area contributed by atoms with E-state index in [1.807, 2.05) is 31.4 Å². The minimum Gasteiger partial charge on any atom is -0.302 e. The van der Waals surface area contributed by atoms with Crippen LogP contribution in [0, 0.1) is 6.92 Å². The molecule has 0 saturated heterocycles. The molecule has 4 nitrogen and oxygen atoms in total. The molecule has 110 valence electrons. The van der Waals surface area contributed by atoms with E-state index < -0.39 is 0 Å². The Kier molecular flexibility index (Phi) is 4.28. The predicted molar refractivity (Wildman–Crippen MR) is 88.2 cm³/mol. The molecule has 0 spiro atoms. The molecule has 0 aliphatic carbocycles. The fourth-order valence-electron chi connectivity index (χ4n) is 2.54. The monoisotopic (exact) mass is 319 g/mol. The van der Waals surface area contributed by atoms with Crippen molar-refractivity contribution in [3.8, 4) is 0 Å². The van der Waals surface area contributed by atoms with Crippen molar-refractivity contribution < 1.29 is 4.79 Å². The zero-order chi connectivity index (χ0) is 14.8. The van der Waals surface area contributed by atoms with Crippen LogP contribution in [0.4, 0.5) is 5.13 Å². The van der Waals surface area contributed by atoms with E-state index >= 15 is 0 Å². The lowest BCUT2D eigenvalue weighted by Crippen LogP contribution is -2.38.